The lowest BCUT2D eigenvalue weighted by Gasteiger charge is -2.29. The minimum atomic E-state index is 0.000509. The van der Waals surface area contributed by atoms with E-state index in [4.69, 9.17) is 11.6 Å². The fourth-order valence-corrected chi connectivity index (χ4v) is 2.66. The fraction of sp³-hybridized carbons (Fsp3) is 0.294. The predicted octanol–water partition coefficient (Wildman–Crippen LogP) is 4.10. The Balaban J connectivity index is 1.88. The minimum absolute atomic E-state index is 0.000509. The summed E-state index contributed by atoms with van der Waals surface area (Å²) in [4.78, 5) is 18.9. The van der Waals surface area contributed by atoms with Crippen LogP contribution in [0.2, 0.25) is 5.02 Å². The van der Waals surface area contributed by atoms with Crippen LogP contribution in [0.3, 0.4) is 0 Å². The number of aromatic nitrogens is 1. The van der Waals surface area contributed by atoms with Gasteiger partial charge in [-0.2, -0.15) is 0 Å². The van der Waals surface area contributed by atoms with E-state index < -0.39 is 0 Å². The molecule has 1 atom stereocenters. The van der Waals surface area contributed by atoms with Gasteiger partial charge in [0.25, 0.3) is 5.91 Å². The molecule has 2 aromatic rings. The standard InChI is InChI=1S/C17H17ClN2O/c1-12(13-5-7-14(18)8-6-13)20(15-9-10-15)17(21)16-4-2-3-11-19-16/h2-8,11-12,15H,9-10H2,1H3. The van der Waals surface area contributed by atoms with Crippen LogP contribution < -0.4 is 0 Å². The topological polar surface area (TPSA) is 33.2 Å². The summed E-state index contributed by atoms with van der Waals surface area (Å²) in [5.41, 5.74) is 1.60. The Morgan fingerprint density at radius 3 is 2.52 bits per heavy atom. The van der Waals surface area contributed by atoms with Crippen molar-refractivity contribution < 1.29 is 4.79 Å². The highest BCUT2D eigenvalue weighted by molar-refractivity contribution is 6.30. The molecule has 1 heterocycles. The van der Waals surface area contributed by atoms with Crippen LogP contribution in [0.15, 0.2) is 48.7 Å². The van der Waals surface area contributed by atoms with Gasteiger partial charge in [0.2, 0.25) is 0 Å². The van der Waals surface area contributed by atoms with E-state index in [-0.39, 0.29) is 11.9 Å². The Kier molecular flexibility index (Phi) is 3.93. The van der Waals surface area contributed by atoms with Crippen LogP contribution in [0.4, 0.5) is 0 Å². The zero-order chi connectivity index (χ0) is 14.8. The van der Waals surface area contributed by atoms with E-state index in [1.807, 2.05) is 41.3 Å². The quantitative estimate of drug-likeness (QED) is 0.851. The van der Waals surface area contributed by atoms with E-state index >= 15 is 0 Å². The van der Waals surface area contributed by atoms with E-state index in [1.165, 1.54) is 0 Å². The third-order valence-electron chi connectivity index (χ3n) is 3.83. The van der Waals surface area contributed by atoms with Gasteiger partial charge in [-0.25, -0.2) is 0 Å². The van der Waals surface area contributed by atoms with Gasteiger partial charge < -0.3 is 4.90 Å². The van der Waals surface area contributed by atoms with Crippen molar-refractivity contribution in [2.75, 3.05) is 0 Å². The number of hydrogen-bond donors (Lipinski definition) is 0. The summed E-state index contributed by atoms with van der Waals surface area (Å²) in [5, 5.41) is 0.708. The zero-order valence-corrected chi connectivity index (χ0v) is 12.6. The number of halogens is 1. The number of carbonyl (C=O) groups excluding carboxylic acids is 1. The Labute approximate surface area is 129 Å². The zero-order valence-electron chi connectivity index (χ0n) is 11.9. The normalized spacial score (nSPS) is 15.5. The van der Waals surface area contributed by atoms with Crippen LogP contribution in [-0.2, 0) is 0 Å². The molecule has 0 bridgehead atoms. The molecule has 0 radical (unpaired) electrons. The number of hydrogen-bond acceptors (Lipinski definition) is 2. The summed E-state index contributed by atoms with van der Waals surface area (Å²) < 4.78 is 0. The number of nitrogens with zero attached hydrogens (tertiary/aromatic N) is 2. The monoisotopic (exact) mass is 300 g/mol. The average Bonchev–Trinajstić information content (AvgIpc) is 3.33. The largest absolute Gasteiger partial charge is 0.328 e. The van der Waals surface area contributed by atoms with Gasteiger partial charge in [0.15, 0.2) is 0 Å². The average molecular weight is 301 g/mol. The Morgan fingerprint density at radius 1 is 1.24 bits per heavy atom. The number of rotatable bonds is 4. The van der Waals surface area contributed by atoms with Crippen molar-refractivity contribution >= 4 is 17.5 Å². The van der Waals surface area contributed by atoms with Gasteiger partial charge in [0.05, 0.1) is 6.04 Å². The first kappa shape index (κ1) is 14.1. The molecule has 1 aliphatic rings. The highest BCUT2D eigenvalue weighted by Crippen LogP contribution is 2.35. The van der Waals surface area contributed by atoms with Crippen molar-refractivity contribution in [3.8, 4) is 0 Å². The summed E-state index contributed by atoms with van der Waals surface area (Å²) in [6, 6.07) is 13.5. The van der Waals surface area contributed by atoms with E-state index in [1.54, 1.807) is 12.3 Å². The molecule has 1 unspecified atom stereocenters. The van der Waals surface area contributed by atoms with Gasteiger partial charge >= 0.3 is 0 Å². The first-order valence-electron chi connectivity index (χ1n) is 7.16. The summed E-state index contributed by atoms with van der Waals surface area (Å²) in [6.07, 6.45) is 3.79. The van der Waals surface area contributed by atoms with E-state index in [9.17, 15) is 4.79 Å². The number of pyridine rings is 1. The fourth-order valence-electron chi connectivity index (χ4n) is 2.53. The maximum Gasteiger partial charge on any atom is 0.273 e. The van der Waals surface area contributed by atoms with E-state index in [2.05, 4.69) is 11.9 Å². The van der Waals surface area contributed by atoms with E-state index in [0.717, 1.165) is 18.4 Å². The molecule has 1 fully saturated rings. The molecule has 108 valence electrons. The summed E-state index contributed by atoms with van der Waals surface area (Å²) in [5.74, 6) is 0.000509. The molecule has 1 aromatic carbocycles. The lowest BCUT2D eigenvalue weighted by atomic mass is 10.1. The molecule has 0 N–H and O–H groups in total. The van der Waals surface area contributed by atoms with Gasteiger partial charge in [-0.1, -0.05) is 29.8 Å². The molecule has 3 nitrogen and oxygen atoms in total. The van der Waals surface area contributed by atoms with Crippen molar-refractivity contribution in [3.05, 3.63) is 64.9 Å². The van der Waals surface area contributed by atoms with Crippen LogP contribution in [0.25, 0.3) is 0 Å². The van der Waals surface area contributed by atoms with Crippen molar-refractivity contribution in [2.24, 2.45) is 0 Å². The van der Waals surface area contributed by atoms with Crippen molar-refractivity contribution in [3.63, 3.8) is 0 Å². The number of amides is 1. The molecule has 3 rings (SSSR count). The van der Waals surface area contributed by atoms with Gasteiger partial charge in [0, 0.05) is 17.3 Å². The summed E-state index contributed by atoms with van der Waals surface area (Å²) >= 11 is 5.94. The third kappa shape index (κ3) is 3.08. The lowest BCUT2D eigenvalue weighted by Crippen LogP contribution is -2.36. The molecule has 1 aromatic heterocycles. The second kappa shape index (κ2) is 5.86. The van der Waals surface area contributed by atoms with Crippen molar-refractivity contribution in [1.29, 1.82) is 0 Å². The number of carbonyl (C=O) groups is 1. The second-order valence-electron chi connectivity index (χ2n) is 5.39. The molecule has 1 aliphatic carbocycles. The van der Waals surface area contributed by atoms with Gasteiger partial charge in [-0.15, -0.1) is 0 Å². The molecule has 21 heavy (non-hydrogen) atoms. The van der Waals surface area contributed by atoms with E-state index in [0.29, 0.717) is 16.8 Å². The minimum Gasteiger partial charge on any atom is -0.328 e. The van der Waals surface area contributed by atoms with Crippen LogP contribution in [0, 0.1) is 0 Å². The maximum atomic E-state index is 12.7. The SMILES string of the molecule is CC(c1ccc(Cl)cc1)N(C(=O)c1ccccn1)C1CC1. The molecular weight excluding hydrogens is 284 g/mol. The molecule has 0 saturated heterocycles. The maximum absolute atomic E-state index is 12.7. The molecule has 1 amide bonds. The molecule has 0 aliphatic heterocycles. The lowest BCUT2D eigenvalue weighted by molar-refractivity contribution is 0.0668. The van der Waals surface area contributed by atoms with Crippen LogP contribution in [0.1, 0.15) is 41.9 Å². The van der Waals surface area contributed by atoms with Gasteiger partial charge in [0.1, 0.15) is 5.69 Å². The van der Waals surface area contributed by atoms with Crippen LogP contribution >= 0.6 is 11.6 Å². The van der Waals surface area contributed by atoms with Gasteiger partial charge in [-0.05, 0) is 49.6 Å². The Morgan fingerprint density at radius 2 is 1.95 bits per heavy atom. The smallest absolute Gasteiger partial charge is 0.273 e. The van der Waals surface area contributed by atoms with Crippen LogP contribution in [0.5, 0.6) is 0 Å². The molecule has 4 heteroatoms. The molecular formula is C17H17ClN2O. The van der Waals surface area contributed by atoms with Crippen molar-refractivity contribution in [2.45, 2.75) is 31.8 Å². The summed E-state index contributed by atoms with van der Waals surface area (Å²) in [6.45, 7) is 2.06. The molecule has 1 saturated carbocycles. The highest BCUT2D eigenvalue weighted by Gasteiger charge is 2.37. The first-order chi connectivity index (χ1) is 10.2. The Bertz CT molecular complexity index is 623. The third-order valence-corrected chi connectivity index (χ3v) is 4.08. The van der Waals surface area contributed by atoms with Gasteiger partial charge in [-0.3, -0.25) is 9.78 Å². The van der Waals surface area contributed by atoms with Crippen LogP contribution in [-0.4, -0.2) is 21.8 Å². The first-order valence-corrected chi connectivity index (χ1v) is 7.54. The summed E-state index contributed by atoms with van der Waals surface area (Å²) in [7, 11) is 0. The van der Waals surface area contributed by atoms with Crippen molar-refractivity contribution in [1.82, 2.24) is 9.88 Å². The molecule has 0 spiro atoms. The number of benzene rings is 1. The predicted molar refractivity (Wildman–Crippen MR) is 83.3 cm³/mol. The Hall–Kier alpha value is -1.87. The highest BCUT2D eigenvalue weighted by atomic mass is 35.5. The second-order valence-corrected chi connectivity index (χ2v) is 5.82.